The molecular formula is C13H18N2O4. The Kier molecular flexibility index (Phi) is 4.61. The molecule has 0 amide bonds. The van der Waals surface area contributed by atoms with Gasteiger partial charge in [-0.05, 0) is 32.3 Å². The molecule has 6 heteroatoms. The normalized spacial score (nSPS) is 13.0. The molecule has 0 spiro atoms. The van der Waals surface area contributed by atoms with Crippen molar-refractivity contribution in [1.29, 1.82) is 0 Å². The fraction of sp³-hybridized carbons (Fsp3) is 0.462. The third-order valence-electron chi connectivity index (χ3n) is 3.00. The third-order valence-corrected chi connectivity index (χ3v) is 3.00. The molecular weight excluding hydrogens is 248 g/mol. The Morgan fingerprint density at radius 2 is 1.95 bits per heavy atom. The largest absolute Gasteiger partial charge is 0.481 e. The fourth-order valence-electron chi connectivity index (χ4n) is 1.87. The van der Waals surface area contributed by atoms with Crippen LogP contribution in [0.4, 0.5) is 5.69 Å². The Labute approximate surface area is 111 Å². The number of non-ortho nitro benzene ring substituents is 1. The molecule has 0 aliphatic carbocycles. The van der Waals surface area contributed by atoms with Crippen molar-refractivity contribution in [2.24, 2.45) is 11.1 Å². The van der Waals surface area contributed by atoms with Crippen LogP contribution in [0.25, 0.3) is 0 Å². The summed E-state index contributed by atoms with van der Waals surface area (Å²) in [6, 6.07) is 5.83. The van der Waals surface area contributed by atoms with Crippen LogP contribution in [0.1, 0.15) is 25.8 Å². The zero-order valence-corrected chi connectivity index (χ0v) is 11.0. The minimum atomic E-state index is -0.883. The number of rotatable bonds is 6. The SMILES string of the molecule is CC(C)(CC(N)Cc1ccc([N+](=O)[O-])cc1)C(=O)O. The monoisotopic (exact) mass is 266 g/mol. The minimum absolute atomic E-state index is 0.0307. The molecule has 1 atom stereocenters. The Morgan fingerprint density at radius 3 is 2.37 bits per heavy atom. The number of aliphatic carboxylic acids is 1. The molecule has 0 fully saturated rings. The number of nitro groups is 1. The Hall–Kier alpha value is -1.95. The maximum Gasteiger partial charge on any atom is 0.309 e. The second kappa shape index (κ2) is 5.79. The number of benzene rings is 1. The number of carbonyl (C=O) groups is 1. The van der Waals surface area contributed by atoms with Gasteiger partial charge in [0.25, 0.3) is 5.69 Å². The van der Waals surface area contributed by atoms with E-state index in [1.165, 1.54) is 12.1 Å². The van der Waals surface area contributed by atoms with Crippen molar-refractivity contribution in [3.63, 3.8) is 0 Å². The zero-order valence-electron chi connectivity index (χ0n) is 11.0. The first kappa shape index (κ1) is 15.1. The Morgan fingerprint density at radius 1 is 1.42 bits per heavy atom. The number of hydrogen-bond donors (Lipinski definition) is 2. The van der Waals surface area contributed by atoms with Crippen LogP contribution in [0.5, 0.6) is 0 Å². The maximum atomic E-state index is 11.0. The van der Waals surface area contributed by atoms with E-state index < -0.39 is 16.3 Å². The minimum Gasteiger partial charge on any atom is -0.481 e. The topological polar surface area (TPSA) is 106 Å². The average molecular weight is 266 g/mol. The molecule has 0 aliphatic rings. The molecule has 1 rings (SSSR count). The van der Waals surface area contributed by atoms with Crippen molar-refractivity contribution < 1.29 is 14.8 Å². The molecule has 0 aromatic heterocycles. The predicted molar refractivity (Wildman–Crippen MR) is 70.8 cm³/mol. The molecule has 19 heavy (non-hydrogen) atoms. The number of nitrogens with two attached hydrogens (primary N) is 1. The van der Waals surface area contributed by atoms with Gasteiger partial charge in [0, 0.05) is 18.2 Å². The third kappa shape index (κ3) is 4.33. The fourth-order valence-corrected chi connectivity index (χ4v) is 1.87. The summed E-state index contributed by atoms with van der Waals surface area (Å²) < 4.78 is 0. The van der Waals surface area contributed by atoms with Crippen LogP contribution in [0.15, 0.2) is 24.3 Å². The van der Waals surface area contributed by atoms with Gasteiger partial charge in [-0.25, -0.2) is 0 Å². The second-order valence-electron chi connectivity index (χ2n) is 5.28. The molecule has 0 bridgehead atoms. The highest BCUT2D eigenvalue weighted by molar-refractivity contribution is 5.73. The van der Waals surface area contributed by atoms with E-state index in [-0.39, 0.29) is 11.7 Å². The van der Waals surface area contributed by atoms with E-state index in [2.05, 4.69) is 0 Å². The lowest BCUT2D eigenvalue weighted by atomic mass is 9.84. The number of carboxylic acid groups (broad SMARTS) is 1. The molecule has 1 aromatic carbocycles. The molecule has 0 aliphatic heterocycles. The van der Waals surface area contributed by atoms with Gasteiger partial charge in [-0.1, -0.05) is 12.1 Å². The lowest BCUT2D eigenvalue weighted by molar-refractivity contribution is -0.384. The lowest BCUT2D eigenvalue weighted by Gasteiger charge is -2.23. The molecule has 1 unspecified atom stereocenters. The van der Waals surface area contributed by atoms with Crippen LogP contribution >= 0.6 is 0 Å². The summed E-state index contributed by atoms with van der Waals surface area (Å²) in [5.74, 6) is -0.883. The van der Waals surface area contributed by atoms with Gasteiger partial charge in [-0.3, -0.25) is 14.9 Å². The molecule has 0 saturated carbocycles. The van der Waals surface area contributed by atoms with Crippen molar-refractivity contribution in [1.82, 2.24) is 0 Å². The quantitative estimate of drug-likeness (QED) is 0.604. The van der Waals surface area contributed by atoms with Crippen LogP contribution in [-0.4, -0.2) is 22.0 Å². The standard InChI is InChI=1S/C13H18N2O4/c1-13(2,12(16)17)8-10(14)7-9-3-5-11(6-4-9)15(18)19/h3-6,10H,7-8,14H2,1-2H3,(H,16,17). The zero-order chi connectivity index (χ0) is 14.6. The van der Waals surface area contributed by atoms with Crippen LogP contribution in [-0.2, 0) is 11.2 Å². The maximum absolute atomic E-state index is 11.0. The van der Waals surface area contributed by atoms with Crippen molar-refractivity contribution in [2.75, 3.05) is 0 Å². The van der Waals surface area contributed by atoms with Gasteiger partial charge in [-0.15, -0.1) is 0 Å². The van der Waals surface area contributed by atoms with E-state index in [1.807, 2.05) is 0 Å². The first-order valence-electron chi connectivity index (χ1n) is 5.94. The highest BCUT2D eigenvalue weighted by atomic mass is 16.6. The Balaban J connectivity index is 2.64. The number of hydrogen-bond acceptors (Lipinski definition) is 4. The highest BCUT2D eigenvalue weighted by Gasteiger charge is 2.29. The van der Waals surface area contributed by atoms with E-state index in [0.29, 0.717) is 12.8 Å². The summed E-state index contributed by atoms with van der Waals surface area (Å²) in [5.41, 5.74) is 5.95. The lowest BCUT2D eigenvalue weighted by Crippen LogP contribution is -2.34. The molecule has 0 radical (unpaired) electrons. The van der Waals surface area contributed by atoms with Gasteiger partial charge >= 0.3 is 5.97 Å². The first-order chi connectivity index (χ1) is 8.72. The van der Waals surface area contributed by atoms with Crippen LogP contribution < -0.4 is 5.73 Å². The molecule has 3 N–H and O–H groups in total. The summed E-state index contributed by atoms with van der Waals surface area (Å²) in [7, 11) is 0. The number of nitro benzene ring substituents is 1. The van der Waals surface area contributed by atoms with E-state index in [1.54, 1.807) is 26.0 Å². The average Bonchev–Trinajstić information content (AvgIpc) is 2.28. The molecule has 6 nitrogen and oxygen atoms in total. The smallest absolute Gasteiger partial charge is 0.309 e. The van der Waals surface area contributed by atoms with E-state index >= 15 is 0 Å². The summed E-state index contributed by atoms with van der Waals surface area (Å²) in [5, 5.41) is 19.5. The molecule has 104 valence electrons. The summed E-state index contributed by atoms with van der Waals surface area (Å²) in [4.78, 5) is 21.0. The molecule has 0 saturated heterocycles. The van der Waals surface area contributed by atoms with Crippen molar-refractivity contribution >= 4 is 11.7 Å². The van der Waals surface area contributed by atoms with Crippen molar-refractivity contribution in [3.05, 3.63) is 39.9 Å². The van der Waals surface area contributed by atoms with Gasteiger partial charge in [0.2, 0.25) is 0 Å². The summed E-state index contributed by atoms with van der Waals surface area (Å²) in [6.45, 7) is 3.26. The first-order valence-corrected chi connectivity index (χ1v) is 5.94. The van der Waals surface area contributed by atoms with Gasteiger partial charge in [0.15, 0.2) is 0 Å². The van der Waals surface area contributed by atoms with Crippen LogP contribution in [0, 0.1) is 15.5 Å². The van der Waals surface area contributed by atoms with Crippen molar-refractivity contribution in [3.8, 4) is 0 Å². The molecule has 1 aromatic rings. The summed E-state index contributed by atoms with van der Waals surface area (Å²) >= 11 is 0. The van der Waals surface area contributed by atoms with Crippen LogP contribution in [0.3, 0.4) is 0 Å². The van der Waals surface area contributed by atoms with Gasteiger partial charge < -0.3 is 10.8 Å². The highest BCUT2D eigenvalue weighted by Crippen LogP contribution is 2.23. The van der Waals surface area contributed by atoms with Crippen molar-refractivity contribution in [2.45, 2.75) is 32.7 Å². The van der Waals surface area contributed by atoms with Gasteiger partial charge in [0.1, 0.15) is 0 Å². The number of nitrogens with zero attached hydrogens (tertiary/aromatic N) is 1. The predicted octanol–water partition coefficient (Wildman–Crippen LogP) is 1.97. The van der Waals surface area contributed by atoms with E-state index in [4.69, 9.17) is 10.8 Å². The summed E-state index contributed by atoms with van der Waals surface area (Å²) in [6.07, 6.45) is 0.841. The second-order valence-corrected chi connectivity index (χ2v) is 5.28. The molecule has 0 heterocycles. The van der Waals surface area contributed by atoms with Crippen LogP contribution in [0.2, 0.25) is 0 Å². The Bertz CT molecular complexity index is 468. The van der Waals surface area contributed by atoms with E-state index in [0.717, 1.165) is 5.56 Å². The van der Waals surface area contributed by atoms with E-state index in [9.17, 15) is 14.9 Å². The van der Waals surface area contributed by atoms with Gasteiger partial charge in [-0.2, -0.15) is 0 Å². The van der Waals surface area contributed by atoms with Gasteiger partial charge in [0.05, 0.1) is 10.3 Å². The number of carboxylic acids is 1.